The van der Waals surface area contributed by atoms with E-state index >= 15 is 0 Å². The van der Waals surface area contributed by atoms with E-state index in [2.05, 4.69) is 22.5 Å². The van der Waals surface area contributed by atoms with Crippen LogP contribution in [0, 0.1) is 0 Å². The van der Waals surface area contributed by atoms with Gasteiger partial charge in [0.2, 0.25) is 5.91 Å². The number of hydrogen-bond acceptors (Lipinski definition) is 6. The number of nitrogens with one attached hydrogen (secondary N) is 2. The minimum Gasteiger partial charge on any atom is -0.467 e. The predicted octanol–water partition coefficient (Wildman–Crippen LogP) is 3.90. The molecule has 2 heterocycles. The third-order valence-corrected chi connectivity index (χ3v) is 5.17. The van der Waals surface area contributed by atoms with Gasteiger partial charge in [-0.25, -0.2) is 4.98 Å². The third kappa shape index (κ3) is 6.99. The Balaban J connectivity index is 2.01. The molecular weight excluding hydrogens is 376 g/mol. The molecule has 2 aromatic rings. The molecule has 2 aromatic heterocycles. The van der Waals surface area contributed by atoms with E-state index in [-0.39, 0.29) is 24.3 Å². The fraction of sp³-hybridized carbons (Fsp3) is 0.550. The molecule has 7 nitrogen and oxygen atoms in total. The molecule has 28 heavy (non-hydrogen) atoms. The normalized spacial score (nSPS) is 11.8. The van der Waals surface area contributed by atoms with Crippen LogP contribution in [0.3, 0.4) is 0 Å². The van der Waals surface area contributed by atoms with Crippen LogP contribution in [0.25, 0.3) is 0 Å². The van der Waals surface area contributed by atoms with Gasteiger partial charge in [-0.15, -0.1) is 11.3 Å². The first-order valence-corrected chi connectivity index (χ1v) is 10.7. The number of anilines is 1. The molecule has 0 saturated heterocycles. The molecule has 2 N–H and O–H groups in total. The highest BCUT2D eigenvalue weighted by Gasteiger charge is 2.21. The highest BCUT2D eigenvalue weighted by atomic mass is 32.1. The number of rotatable bonds is 12. The number of carbonyl (C=O) groups excluding carboxylic acids is 2. The summed E-state index contributed by atoms with van der Waals surface area (Å²) < 4.78 is 5.38. The molecule has 1 unspecified atom stereocenters. The van der Waals surface area contributed by atoms with E-state index in [0.29, 0.717) is 24.5 Å². The van der Waals surface area contributed by atoms with E-state index < -0.39 is 0 Å². The maximum atomic E-state index is 13.0. The first-order chi connectivity index (χ1) is 13.5. The zero-order chi connectivity index (χ0) is 20.4. The smallest absolute Gasteiger partial charge is 0.273 e. The lowest BCUT2D eigenvalue weighted by molar-refractivity contribution is -0.121. The average Bonchev–Trinajstić information content (AvgIpc) is 3.36. The lowest BCUT2D eigenvalue weighted by Crippen LogP contribution is -2.37. The second kappa shape index (κ2) is 11.5. The summed E-state index contributed by atoms with van der Waals surface area (Å²) in [7, 11) is 0. The van der Waals surface area contributed by atoms with Crippen LogP contribution in [0.1, 0.15) is 62.7 Å². The van der Waals surface area contributed by atoms with Gasteiger partial charge in [0.05, 0.1) is 12.8 Å². The van der Waals surface area contributed by atoms with Crippen molar-refractivity contribution in [1.29, 1.82) is 0 Å². The first kappa shape index (κ1) is 21.9. The molecule has 0 fully saturated rings. The van der Waals surface area contributed by atoms with Gasteiger partial charge in [-0.2, -0.15) is 0 Å². The standard InChI is InChI=1S/C20H30N4O3S/c1-4-6-10-21-20-23-17(14-28-20)19(26)24(13-16-8-7-12-27-16)11-9-18(25)22-15(3)5-2/h7-8,12,14-15H,4-6,9-11,13H2,1-3H3,(H,21,23)(H,22,25). The van der Waals surface area contributed by atoms with Gasteiger partial charge in [0.25, 0.3) is 5.91 Å². The van der Waals surface area contributed by atoms with Crippen molar-refractivity contribution in [1.82, 2.24) is 15.2 Å². The van der Waals surface area contributed by atoms with Crippen LogP contribution in [0.2, 0.25) is 0 Å². The van der Waals surface area contributed by atoms with Crippen LogP contribution < -0.4 is 10.6 Å². The maximum Gasteiger partial charge on any atom is 0.273 e. The summed E-state index contributed by atoms with van der Waals surface area (Å²) in [6.07, 6.45) is 4.83. The first-order valence-electron chi connectivity index (χ1n) is 9.83. The van der Waals surface area contributed by atoms with Gasteiger partial charge in [-0.3, -0.25) is 9.59 Å². The van der Waals surface area contributed by atoms with Crippen LogP contribution in [0.15, 0.2) is 28.2 Å². The van der Waals surface area contributed by atoms with Crippen molar-refractivity contribution < 1.29 is 14.0 Å². The molecule has 1 atom stereocenters. The minimum atomic E-state index is -0.201. The molecule has 0 aliphatic heterocycles. The number of aromatic nitrogens is 1. The minimum absolute atomic E-state index is 0.0632. The highest BCUT2D eigenvalue weighted by Crippen LogP contribution is 2.18. The maximum absolute atomic E-state index is 13.0. The van der Waals surface area contributed by atoms with Gasteiger partial charge >= 0.3 is 0 Å². The van der Waals surface area contributed by atoms with Crippen LogP contribution in [-0.2, 0) is 11.3 Å². The Morgan fingerprint density at radius 1 is 1.36 bits per heavy atom. The average molecular weight is 407 g/mol. The molecule has 0 radical (unpaired) electrons. The zero-order valence-corrected chi connectivity index (χ0v) is 17.7. The largest absolute Gasteiger partial charge is 0.467 e. The van der Waals surface area contributed by atoms with Crippen molar-refractivity contribution in [3.8, 4) is 0 Å². The van der Waals surface area contributed by atoms with E-state index in [9.17, 15) is 9.59 Å². The van der Waals surface area contributed by atoms with Crippen molar-refractivity contribution >= 4 is 28.3 Å². The van der Waals surface area contributed by atoms with Gasteiger partial charge in [0.1, 0.15) is 11.5 Å². The summed E-state index contributed by atoms with van der Waals surface area (Å²) in [4.78, 5) is 31.1. The number of unbranched alkanes of at least 4 members (excludes halogenated alkanes) is 1. The van der Waals surface area contributed by atoms with Gasteiger partial charge in [-0.1, -0.05) is 20.3 Å². The highest BCUT2D eigenvalue weighted by molar-refractivity contribution is 7.13. The number of amides is 2. The van der Waals surface area contributed by atoms with E-state index in [1.54, 1.807) is 22.6 Å². The van der Waals surface area contributed by atoms with Crippen LogP contribution in [0.5, 0.6) is 0 Å². The van der Waals surface area contributed by atoms with Crippen molar-refractivity contribution in [3.05, 3.63) is 35.2 Å². The van der Waals surface area contributed by atoms with Gasteiger partial charge in [-0.05, 0) is 31.9 Å². The fourth-order valence-corrected chi connectivity index (χ4v) is 3.23. The molecule has 2 rings (SSSR count). The Labute approximate surface area is 170 Å². The summed E-state index contributed by atoms with van der Waals surface area (Å²) in [5, 5.41) is 8.66. The van der Waals surface area contributed by atoms with Crippen molar-refractivity contribution in [3.63, 3.8) is 0 Å². The molecule has 0 spiro atoms. The van der Waals surface area contributed by atoms with Gasteiger partial charge in [0, 0.05) is 30.9 Å². The number of thiazole rings is 1. The van der Waals surface area contributed by atoms with Crippen molar-refractivity contribution in [2.24, 2.45) is 0 Å². The van der Waals surface area contributed by atoms with Gasteiger partial charge in [0.15, 0.2) is 5.13 Å². The number of furan rings is 1. The summed E-state index contributed by atoms with van der Waals surface area (Å²) in [6.45, 7) is 7.56. The second-order valence-corrected chi connectivity index (χ2v) is 7.61. The molecule has 0 aromatic carbocycles. The van der Waals surface area contributed by atoms with E-state index in [0.717, 1.165) is 30.9 Å². The van der Waals surface area contributed by atoms with Crippen LogP contribution in [0.4, 0.5) is 5.13 Å². The molecule has 0 saturated carbocycles. The lowest BCUT2D eigenvalue weighted by atomic mass is 10.2. The van der Waals surface area contributed by atoms with Crippen LogP contribution >= 0.6 is 11.3 Å². The topological polar surface area (TPSA) is 87.5 Å². The Hall–Kier alpha value is -2.35. The Bertz CT molecular complexity index is 730. The molecule has 0 bridgehead atoms. The summed E-state index contributed by atoms with van der Waals surface area (Å²) >= 11 is 1.42. The molecule has 2 amide bonds. The lowest BCUT2D eigenvalue weighted by Gasteiger charge is -2.21. The predicted molar refractivity (Wildman–Crippen MR) is 111 cm³/mol. The van der Waals surface area contributed by atoms with Crippen molar-refractivity contribution in [2.75, 3.05) is 18.4 Å². The second-order valence-electron chi connectivity index (χ2n) is 6.75. The SMILES string of the molecule is CCCCNc1nc(C(=O)N(CCC(=O)NC(C)CC)Cc2ccco2)cs1. The molecule has 0 aliphatic carbocycles. The fourth-order valence-electron chi connectivity index (χ4n) is 2.52. The van der Waals surface area contributed by atoms with Gasteiger partial charge < -0.3 is 20.0 Å². The Morgan fingerprint density at radius 2 is 2.18 bits per heavy atom. The van der Waals surface area contributed by atoms with E-state index in [4.69, 9.17) is 4.42 Å². The summed E-state index contributed by atoms with van der Waals surface area (Å²) in [6, 6.07) is 3.72. The summed E-state index contributed by atoms with van der Waals surface area (Å²) in [5.74, 6) is 0.409. The van der Waals surface area contributed by atoms with Crippen LogP contribution in [-0.4, -0.2) is 40.8 Å². The molecule has 154 valence electrons. The number of carbonyl (C=O) groups is 2. The number of nitrogens with zero attached hydrogens (tertiary/aromatic N) is 2. The zero-order valence-electron chi connectivity index (χ0n) is 16.9. The molecule has 8 heteroatoms. The monoisotopic (exact) mass is 406 g/mol. The third-order valence-electron chi connectivity index (χ3n) is 4.37. The van der Waals surface area contributed by atoms with E-state index in [1.165, 1.54) is 11.3 Å². The van der Waals surface area contributed by atoms with E-state index in [1.807, 2.05) is 19.9 Å². The Morgan fingerprint density at radius 3 is 2.86 bits per heavy atom. The number of hydrogen-bond donors (Lipinski definition) is 2. The quantitative estimate of drug-likeness (QED) is 0.522. The Kier molecular flexibility index (Phi) is 9.00. The molecular formula is C20H30N4O3S. The molecule has 0 aliphatic rings. The summed E-state index contributed by atoms with van der Waals surface area (Å²) in [5.41, 5.74) is 0.387. The van der Waals surface area contributed by atoms with Crippen molar-refractivity contribution in [2.45, 2.75) is 59.0 Å².